The molecule has 2 rings (SSSR count). The Morgan fingerprint density at radius 2 is 2.05 bits per heavy atom. The minimum absolute atomic E-state index is 0.151. The van der Waals surface area contributed by atoms with E-state index in [2.05, 4.69) is 17.3 Å². The number of carbonyl (C=O) groups is 1. The molecule has 1 saturated heterocycles. The van der Waals surface area contributed by atoms with E-state index in [1.165, 1.54) is 38.6 Å². The third-order valence-electron chi connectivity index (χ3n) is 4.67. The largest absolute Gasteiger partial charge is 0.356 e. The molecule has 1 aliphatic heterocycles. The average molecular weight is 267 g/mol. The van der Waals surface area contributed by atoms with Crippen LogP contribution >= 0.6 is 0 Å². The monoisotopic (exact) mass is 267 g/mol. The quantitative estimate of drug-likeness (QED) is 0.811. The third kappa shape index (κ3) is 4.77. The summed E-state index contributed by atoms with van der Waals surface area (Å²) in [7, 11) is 2.16. The molecule has 110 valence electrons. The van der Waals surface area contributed by atoms with Crippen molar-refractivity contribution in [3.63, 3.8) is 0 Å². The van der Waals surface area contributed by atoms with Crippen molar-refractivity contribution in [2.75, 3.05) is 26.7 Å². The number of nitrogens with two attached hydrogens (primary N) is 1. The van der Waals surface area contributed by atoms with Crippen LogP contribution in [0.5, 0.6) is 0 Å². The molecule has 0 aromatic carbocycles. The van der Waals surface area contributed by atoms with Gasteiger partial charge in [0.15, 0.2) is 0 Å². The summed E-state index contributed by atoms with van der Waals surface area (Å²) < 4.78 is 0. The van der Waals surface area contributed by atoms with E-state index in [0.29, 0.717) is 12.3 Å². The minimum atomic E-state index is -0.230. The summed E-state index contributed by atoms with van der Waals surface area (Å²) in [6, 6.07) is 0. The molecule has 3 N–H and O–H groups in total. The van der Waals surface area contributed by atoms with Gasteiger partial charge >= 0.3 is 0 Å². The number of carbonyl (C=O) groups excluding carboxylic acids is 1. The maximum absolute atomic E-state index is 12.0. The van der Waals surface area contributed by atoms with E-state index in [0.717, 1.165) is 25.9 Å². The Balaban J connectivity index is 1.69. The Morgan fingerprint density at radius 1 is 1.32 bits per heavy atom. The van der Waals surface area contributed by atoms with Crippen molar-refractivity contribution in [2.24, 2.45) is 11.7 Å². The molecule has 4 nitrogen and oxygen atoms in total. The van der Waals surface area contributed by atoms with Gasteiger partial charge in [0.25, 0.3) is 0 Å². The van der Waals surface area contributed by atoms with Gasteiger partial charge in [0, 0.05) is 25.0 Å². The lowest BCUT2D eigenvalue weighted by Gasteiger charge is -2.33. The lowest BCUT2D eigenvalue weighted by Crippen LogP contribution is -2.47. The van der Waals surface area contributed by atoms with E-state index in [-0.39, 0.29) is 11.4 Å². The zero-order chi connectivity index (χ0) is 13.7. The highest BCUT2D eigenvalue weighted by atomic mass is 16.1. The van der Waals surface area contributed by atoms with E-state index in [9.17, 15) is 4.79 Å². The number of nitrogens with one attached hydrogen (secondary N) is 1. The molecule has 4 heteroatoms. The highest BCUT2D eigenvalue weighted by molar-refractivity contribution is 5.77. The van der Waals surface area contributed by atoms with Crippen LogP contribution in [-0.2, 0) is 4.79 Å². The lowest BCUT2D eigenvalue weighted by atomic mass is 9.80. The smallest absolute Gasteiger partial charge is 0.221 e. The number of likely N-dealkylation sites (tertiary alicyclic amines) is 1. The molecule has 19 heavy (non-hydrogen) atoms. The molecule has 1 amide bonds. The fourth-order valence-corrected chi connectivity index (χ4v) is 3.51. The normalized spacial score (nSPS) is 28.0. The second kappa shape index (κ2) is 6.71. The van der Waals surface area contributed by atoms with Crippen molar-refractivity contribution in [2.45, 2.75) is 56.9 Å². The summed E-state index contributed by atoms with van der Waals surface area (Å²) in [5.74, 6) is 0.764. The van der Waals surface area contributed by atoms with Crippen molar-refractivity contribution < 1.29 is 4.79 Å². The molecule has 0 radical (unpaired) electrons. The number of hydrogen-bond donors (Lipinski definition) is 2. The summed E-state index contributed by atoms with van der Waals surface area (Å²) >= 11 is 0. The molecular weight excluding hydrogens is 238 g/mol. The van der Waals surface area contributed by atoms with E-state index in [4.69, 9.17) is 5.73 Å². The van der Waals surface area contributed by atoms with Gasteiger partial charge < -0.3 is 16.0 Å². The van der Waals surface area contributed by atoms with E-state index >= 15 is 0 Å². The van der Waals surface area contributed by atoms with Crippen molar-refractivity contribution in [1.82, 2.24) is 10.2 Å². The van der Waals surface area contributed by atoms with Gasteiger partial charge in [0.1, 0.15) is 0 Å². The van der Waals surface area contributed by atoms with E-state index in [1.807, 2.05) is 0 Å². The summed E-state index contributed by atoms with van der Waals surface area (Å²) in [5, 5.41) is 3.10. The Hall–Kier alpha value is -0.610. The van der Waals surface area contributed by atoms with Crippen molar-refractivity contribution in [1.29, 1.82) is 0 Å². The maximum Gasteiger partial charge on any atom is 0.221 e. The molecule has 1 atom stereocenters. The van der Waals surface area contributed by atoms with Crippen molar-refractivity contribution in [3.05, 3.63) is 0 Å². The van der Waals surface area contributed by atoms with Gasteiger partial charge in [0.05, 0.1) is 0 Å². The molecule has 2 fully saturated rings. The summed E-state index contributed by atoms with van der Waals surface area (Å²) in [6.07, 6.45) is 8.63. The molecule has 0 spiro atoms. The molecule has 1 aliphatic carbocycles. The molecular formula is C15H29N3O. The van der Waals surface area contributed by atoms with Crippen LogP contribution < -0.4 is 11.1 Å². The number of hydrogen-bond acceptors (Lipinski definition) is 3. The van der Waals surface area contributed by atoms with Gasteiger partial charge in [-0.15, -0.1) is 0 Å². The molecule has 1 saturated carbocycles. The third-order valence-corrected chi connectivity index (χ3v) is 4.67. The van der Waals surface area contributed by atoms with Gasteiger partial charge in [-0.05, 0) is 45.2 Å². The number of amides is 1. The first-order chi connectivity index (χ1) is 9.07. The Bertz CT molecular complexity index is 300. The fraction of sp³-hybridized carbons (Fsp3) is 0.933. The van der Waals surface area contributed by atoms with E-state index < -0.39 is 0 Å². The first-order valence-electron chi connectivity index (χ1n) is 7.81. The van der Waals surface area contributed by atoms with Gasteiger partial charge in [-0.3, -0.25) is 4.79 Å². The first kappa shape index (κ1) is 14.8. The van der Waals surface area contributed by atoms with Gasteiger partial charge in [0.2, 0.25) is 5.91 Å². The van der Waals surface area contributed by atoms with E-state index in [1.54, 1.807) is 0 Å². The summed E-state index contributed by atoms with van der Waals surface area (Å²) in [5.41, 5.74) is 6.09. The average Bonchev–Trinajstić information content (AvgIpc) is 2.37. The van der Waals surface area contributed by atoms with Crippen LogP contribution in [-0.4, -0.2) is 43.0 Å². The molecule has 2 aliphatic rings. The minimum Gasteiger partial charge on any atom is -0.356 e. The number of piperidine rings is 1. The Labute approximate surface area is 117 Å². The highest BCUT2D eigenvalue weighted by Gasteiger charge is 2.30. The predicted octanol–water partition coefficient (Wildman–Crippen LogP) is 1.50. The summed E-state index contributed by atoms with van der Waals surface area (Å²) in [4.78, 5) is 14.4. The second-order valence-electron chi connectivity index (χ2n) is 6.67. The summed E-state index contributed by atoms with van der Waals surface area (Å²) in [6.45, 7) is 3.11. The van der Waals surface area contributed by atoms with Gasteiger partial charge in [-0.25, -0.2) is 0 Å². The van der Waals surface area contributed by atoms with Crippen molar-refractivity contribution >= 4 is 5.91 Å². The Morgan fingerprint density at radius 3 is 2.74 bits per heavy atom. The molecule has 0 aromatic heterocycles. The fourth-order valence-electron chi connectivity index (χ4n) is 3.51. The van der Waals surface area contributed by atoms with Crippen LogP contribution in [0.1, 0.15) is 51.4 Å². The molecule has 0 aromatic rings. The van der Waals surface area contributed by atoms with Crippen LogP contribution in [0.3, 0.4) is 0 Å². The highest BCUT2D eigenvalue weighted by Crippen LogP contribution is 2.28. The van der Waals surface area contributed by atoms with Gasteiger partial charge in [-0.2, -0.15) is 0 Å². The molecule has 1 unspecified atom stereocenters. The second-order valence-corrected chi connectivity index (χ2v) is 6.67. The van der Waals surface area contributed by atoms with Crippen LogP contribution in [0.15, 0.2) is 0 Å². The standard InChI is InChI=1S/C15H29N3O/c1-18-9-5-6-13(12-18)11-17-14(19)10-15(16)7-3-2-4-8-15/h13H,2-12,16H2,1H3,(H,17,19). The number of nitrogens with zero attached hydrogens (tertiary/aromatic N) is 1. The SMILES string of the molecule is CN1CCCC(CNC(=O)CC2(N)CCCCC2)C1. The zero-order valence-corrected chi connectivity index (χ0v) is 12.3. The van der Waals surface area contributed by atoms with Crippen LogP contribution in [0, 0.1) is 5.92 Å². The van der Waals surface area contributed by atoms with Crippen LogP contribution in [0.25, 0.3) is 0 Å². The number of rotatable bonds is 4. The first-order valence-corrected chi connectivity index (χ1v) is 7.81. The van der Waals surface area contributed by atoms with Gasteiger partial charge in [-0.1, -0.05) is 19.3 Å². The molecule has 1 heterocycles. The van der Waals surface area contributed by atoms with Crippen molar-refractivity contribution in [3.8, 4) is 0 Å². The lowest BCUT2D eigenvalue weighted by molar-refractivity contribution is -0.122. The maximum atomic E-state index is 12.0. The van der Waals surface area contributed by atoms with Crippen LogP contribution in [0.2, 0.25) is 0 Å². The predicted molar refractivity (Wildman–Crippen MR) is 77.9 cm³/mol. The zero-order valence-electron chi connectivity index (χ0n) is 12.3. The van der Waals surface area contributed by atoms with Crippen LogP contribution in [0.4, 0.5) is 0 Å². The molecule has 0 bridgehead atoms. The Kier molecular flexibility index (Phi) is 5.22. The topological polar surface area (TPSA) is 58.4 Å².